The lowest BCUT2D eigenvalue weighted by Crippen LogP contribution is -2.50. The van der Waals surface area contributed by atoms with Crippen LogP contribution in [0.2, 0.25) is 0 Å². The first-order valence-corrected chi connectivity index (χ1v) is 8.87. The van der Waals surface area contributed by atoms with Crippen LogP contribution in [-0.2, 0) is 9.53 Å². The van der Waals surface area contributed by atoms with Crippen LogP contribution >= 0.6 is 0 Å². The second kappa shape index (κ2) is 5.91. The van der Waals surface area contributed by atoms with E-state index in [1.165, 1.54) is 0 Å². The zero-order valence-corrected chi connectivity index (χ0v) is 16.5. The Kier molecular flexibility index (Phi) is 4.22. The summed E-state index contributed by atoms with van der Waals surface area (Å²) in [7, 11) is 1.88. The fourth-order valence-corrected chi connectivity index (χ4v) is 3.85. The van der Waals surface area contributed by atoms with Gasteiger partial charge in [-0.15, -0.1) is 0 Å². The largest absolute Gasteiger partial charge is 0.443 e. The van der Waals surface area contributed by atoms with Gasteiger partial charge in [0, 0.05) is 11.4 Å². The lowest BCUT2D eigenvalue weighted by atomic mass is 9.91. The van der Waals surface area contributed by atoms with Gasteiger partial charge in [-0.3, -0.25) is 19.6 Å². The van der Waals surface area contributed by atoms with E-state index in [-0.39, 0.29) is 17.4 Å². The van der Waals surface area contributed by atoms with E-state index < -0.39 is 17.7 Å². The fourth-order valence-electron chi connectivity index (χ4n) is 3.85. The summed E-state index contributed by atoms with van der Waals surface area (Å²) < 4.78 is 5.68. The molecule has 1 amide bonds. The molecule has 6 nitrogen and oxygen atoms in total. The Morgan fingerprint density at radius 2 is 1.85 bits per heavy atom. The standard InChI is InChI=1S/C20H27N3O3/c1-19(2,3)17-22(7)15-13(24)11-12-9-8-10-21-14(12)16(15)23(17)18(25)26-20(4,5)6/h8-11,15,17H,1-7H3/t15?,17-/m0/s1. The summed E-state index contributed by atoms with van der Waals surface area (Å²) in [5, 5.41) is 1.40. The van der Waals surface area contributed by atoms with E-state index in [1.807, 2.05) is 38.8 Å². The molecule has 0 saturated carbocycles. The number of amides is 1. The number of carbonyl (C=O) groups is 2. The molecule has 2 atom stereocenters. The van der Waals surface area contributed by atoms with Crippen LogP contribution in [0.4, 0.5) is 4.79 Å². The first kappa shape index (κ1) is 18.6. The summed E-state index contributed by atoms with van der Waals surface area (Å²) in [6.07, 6.45) is 2.53. The molecule has 0 bridgehead atoms. The zero-order valence-electron chi connectivity index (χ0n) is 16.5. The predicted octanol–water partition coefficient (Wildman–Crippen LogP) is 1.48. The minimum atomic E-state index is -0.630. The number of hydrogen-bond donors (Lipinski definition) is 0. The quantitative estimate of drug-likeness (QED) is 0.704. The summed E-state index contributed by atoms with van der Waals surface area (Å²) in [4.78, 5) is 34.1. The van der Waals surface area contributed by atoms with Gasteiger partial charge in [0.1, 0.15) is 11.6 Å². The molecule has 1 saturated heterocycles. The summed E-state index contributed by atoms with van der Waals surface area (Å²) in [6, 6.07) is 3.11. The van der Waals surface area contributed by atoms with Crippen molar-refractivity contribution in [2.24, 2.45) is 5.41 Å². The van der Waals surface area contributed by atoms with Crippen LogP contribution in [0.15, 0.2) is 18.3 Å². The van der Waals surface area contributed by atoms with Gasteiger partial charge in [-0.2, -0.15) is 0 Å². The number of carbonyl (C=O) groups excluding carboxylic acids is 2. The van der Waals surface area contributed by atoms with Crippen molar-refractivity contribution in [3.05, 3.63) is 28.9 Å². The first-order chi connectivity index (χ1) is 11.9. The number of rotatable bonds is 0. The van der Waals surface area contributed by atoms with Crippen molar-refractivity contribution in [3.8, 4) is 0 Å². The van der Waals surface area contributed by atoms with Crippen LogP contribution in [0.5, 0.6) is 0 Å². The molecule has 140 valence electrons. The van der Waals surface area contributed by atoms with Gasteiger partial charge in [0.2, 0.25) is 0 Å². The van der Waals surface area contributed by atoms with Crippen molar-refractivity contribution < 1.29 is 14.3 Å². The maximum Gasteiger partial charge on any atom is 0.416 e. The minimum Gasteiger partial charge on any atom is -0.443 e. The number of Topliss-reactive ketones (excluding diaryl/α,β-unsaturated/α-hetero) is 1. The molecule has 2 aliphatic rings. The molecule has 6 heteroatoms. The molecule has 0 radical (unpaired) electrons. The minimum absolute atomic E-state index is 0.0386. The monoisotopic (exact) mass is 357 g/mol. The molecular formula is C20H27N3O3. The van der Waals surface area contributed by atoms with Gasteiger partial charge in [0.25, 0.3) is 0 Å². The molecule has 0 spiro atoms. The Labute approximate surface area is 154 Å². The van der Waals surface area contributed by atoms with E-state index in [0.29, 0.717) is 11.0 Å². The summed E-state index contributed by atoms with van der Waals surface area (Å²) in [5.74, 6) is -0.0386. The topological polar surface area (TPSA) is 62.7 Å². The molecule has 3 rings (SSSR count). The molecule has 0 N–H and O–H groups in total. The van der Waals surface area contributed by atoms with Crippen LogP contribution in [-0.4, -0.2) is 51.5 Å². The number of ketones is 1. The lowest BCUT2D eigenvalue weighted by Gasteiger charge is -2.38. The number of nitrogens with zero attached hydrogens (tertiary/aromatic N) is 3. The highest BCUT2D eigenvalue weighted by Gasteiger charge is 2.53. The van der Waals surface area contributed by atoms with Gasteiger partial charge in [-0.05, 0) is 45.4 Å². The highest BCUT2D eigenvalue weighted by molar-refractivity contribution is 6.16. The number of aromatic nitrogens is 1. The van der Waals surface area contributed by atoms with E-state index in [2.05, 4.69) is 25.8 Å². The van der Waals surface area contributed by atoms with Gasteiger partial charge in [-0.1, -0.05) is 26.8 Å². The van der Waals surface area contributed by atoms with Crippen molar-refractivity contribution in [1.29, 1.82) is 0 Å². The predicted molar refractivity (Wildman–Crippen MR) is 99.2 cm³/mol. The number of ether oxygens (including phenoxy) is 1. The molecule has 1 aliphatic carbocycles. The van der Waals surface area contributed by atoms with Crippen LogP contribution in [0.3, 0.4) is 0 Å². The van der Waals surface area contributed by atoms with Crippen LogP contribution in [0.25, 0.3) is 11.8 Å². The van der Waals surface area contributed by atoms with Gasteiger partial charge in [0.15, 0.2) is 5.78 Å². The van der Waals surface area contributed by atoms with Crippen molar-refractivity contribution in [2.75, 3.05) is 7.05 Å². The van der Waals surface area contributed by atoms with Gasteiger partial charge in [-0.25, -0.2) is 4.79 Å². The van der Waals surface area contributed by atoms with E-state index in [1.54, 1.807) is 23.2 Å². The van der Waals surface area contributed by atoms with E-state index in [0.717, 1.165) is 5.22 Å². The number of hydrogen-bond acceptors (Lipinski definition) is 5. The lowest BCUT2D eigenvalue weighted by molar-refractivity contribution is -0.116. The third-order valence-corrected chi connectivity index (χ3v) is 4.57. The number of likely N-dealkylation sites (N-methyl/N-ethyl adjacent to an activating group) is 1. The van der Waals surface area contributed by atoms with E-state index >= 15 is 0 Å². The first-order valence-electron chi connectivity index (χ1n) is 8.87. The normalized spacial score (nSPS) is 23.4. The zero-order chi connectivity index (χ0) is 19.4. The molecule has 2 heterocycles. The Bertz CT molecular complexity index is 877. The summed E-state index contributed by atoms with van der Waals surface area (Å²) >= 11 is 0. The van der Waals surface area contributed by atoms with Crippen molar-refractivity contribution in [1.82, 2.24) is 14.8 Å². The SMILES string of the molecule is CN1C2C(=O)C=c3cccnc3=C2N(C(=O)OC(C)(C)C)[C@H]1C(C)(C)C. The van der Waals surface area contributed by atoms with Crippen molar-refractivity contribution in [3.63, 3.8) is 0 Å². The third-order valence-electron chi connectivity index (χ3n) is 4.57. The highest BCUT2D eigenvalue weighted by atomic mass is 16.6. The van der Waals surface area contributed by atoms with Crippen molar-refractivity contribution in [2.45, 2.75) is 59.4 Å². The summed E-state index contributed by atoms with van der Waals surface area (Å²) in [5.41, 5.74) is -0.301. The van der Waals surface area contributed by atoms with Crippen LogP contribution in [0.1, 0.15) is 41.5 Å². The molecule has 1 aliphatic heterocycles. The Morgan fingerprint density at radius 1 is 1.19 bits per heavy atom. The van der Waals surface area contributed by atoms with Gasteiger partial charge >= 0.3 is 6.09 Å². The Hall–Kier alpha value is -2.21. The number of fused-ring (bicyclic) bond motifs is 2. The van der Waals surface area contributed by atoms with E-state index in [9.17, 15) is 9.59 Å². The second-order valence-corrected chi connectivity index (χ2v) is 9.03. The average molecular weight is 357 g/mol. The molecule has 1 fully saturated rings. The van der Waals surface area contributed by atoms with Gasteiger partial charge < -0.3 is 4.74 Å². The smallest absolute Gasteiger partial charge is 0.416 e. The average Bonchev–Trinajstić information content (AvgIpc) is 2.80. The van der Waals surface area contributed by atoms with Crippen LogP contribution < -0.4 is 10.6 Å². The van der Waals surface area contributed by atoms with Crippen molar-refractivity contribution >= 4 is 23.6 Å². The third kappa shape index (κ3) is 3.03. The Balaban J connectivity index is 2.28. The number of pyridine rings is 1. The highest BCUT2D eigenvalue weighted by Crippen LogP contribution is 2.40. The molecule has 26 heavy (non-hydrogen) atoms. The molecule has 1 unspecified atom stereocenters. The molecule has 0 aromatic carbocycles. The molecule has 1 aromatic rings. The maximum atomic E-state index is 13.1. The van der Waals surface area contributed by atoms with Crippen LogP contribution in [0, 0.1) is 5.41 Å². The van der Waals surface area contributed by atoms with E-state index in [4.69, 9.17) is 4.74 Å². The fraction of sp³-hybridized carbons (Fsp3) is 0.550. The Morgan fingerprint density at radius 3 is 2.42 bits per heavy atom. The molecule has 1 aromatic heterocycles. The molecular weight excluding hydrogens is 330 g/mol. The van der Waals surface area contributed by atoms with Gasteiger partial charge in [0.05, 0.1) is 17.2 Å². The second-order valence-electron chi connectivity index (χ2n) is 9.03. The maximum absolute atomic E-state index is 13.1. The summed E-state index contributed by atoms with van der Waals surface area (Å²) in [6.45, 7) is 11.7.